The summed E-state index contributed by atoms with van der Waals surface area (Å²) in [6, 6.07) is 19.8. The van der Waals surface area contributed by atoms with Crippen molar-refractivity contribution in [2.45, 2.75) is 45.3 Å². The van der Waals surface area contributed by atoms with Crippen molar-refractivity contribution >= 4 is 5.91 Å². The lowest BCUT2D eigenvalue weighted by atomic mass is 9.72. The molecule has 2 aromatic rings. The van der Waals surface area contributed by atoms with Gasteiger partial charge in [0.15, 0.2) is 0 Å². The number of carbonyl (C=O) groups excluding carboxylic acids is 1. The topological polar surface area (TPSA) is 40.5 Å². The smallest absolute Gasteiger partial charge is 0.229 e. The van der Waals surface area contributed by atoms with Gasteiger partial charge in [-0.1, -0.05) is 80.9 Å². The van der Waals surface area contributed by atoms with Crippen LogP contribution in [0.1, 0.15) is 44.2 Å². The Kier molecular flexibility index (Phi) is 5.77. The number of hydrogen-bond donors (Lipinski definition) is 1. The predicted octanol–water partition coefficient (Wildman–Crippen LogP) is 4.36. The number of nitrogens with zero attached hydrogens (tertiary/aromatic N) is 1. The largest absolute Gasteiger partial charge is 0.384 e. The lowest BCUT2D eigenvalue weighted by Crippen LogP contribution is -2.53. The first kappa shape index (κ1) is 18.7. The van der Waals surface area contributed by atoms with E-state index >= 15 is 0 Å². The highest BCUT2D eigenvalue weighted by molar-refractivity contribution is 5.81. The normalized spacial score (nSPS) is 23.5. The molecule has 1 aliphatic heterocycles. The Balaban J connectivity index is 1.85. The summed E-state index contributed by atoms with van der Waals surface area (Å²) in [4.78, 5) is 15.2. The van der Waals surface area contributed by atoms with Gasteiger partial charge in [-0.3, -0.25) is 4.79 Å². The van der Waals surface area contributed by atoms with E-state index < -0.39 is 5.60 Å². The molecule has 0 saturated carbocycles. The number of carbonyl (C=O) groups is 1. The second kappa shape index (κ2) is 8.05. The van der Waals surface area contributed by atoms with Crippen LogP contribution in [0, 0.1) is 11.8 Å². The predicted molar refractivity (Wildman–Crippen MR) is 104 cm³/mol. The molecule has 0 unspecified atom stereocenters. The Labute approximate surface area is 156 Å². The van der Waals surface area contributed by atoms with Gasteiger partial charge in [-0.25, -0.2) is 0 Å². The molecule has 26 heavy (non-hydrogen) atoms. The molecular weight excluding hydrogens is 322 g/mol. The molecule has 2 atom stereocenters. The molecule has 0 spiro atoms. The van der Waals surface area contributed by atoms with Crippen molar-refractivity contribution < 1.29 is 9.90 Å². The zero-order valence-corrected chi connectivity index (χ0v) is 15.8. The van der Waals surface area contributed by atoms with Crippen LogP contribution in [0.3, 0.4) is 0 Å². The summed E-state index contributed by atoms with van der Waals surface area (Å²) in [5, 5.41) is 11.5. The monoisotopic (exact) mass is 351 g/mol. The lowest BCUT2D eigenvalue weighted by molar-refractivity contribution is -0.159. The molecule has 3 rings (SSSR count). The summed E-state index contributed by atoms with van der Waals surface area (Å²) in [5.74, 6) is 0.198. The summed E-state index contributed by atoms with van der Waals surface area (Å²) in [7, 11) is 0. The minimum Gasteiger partial charge on any atom is -0.384 e. The fraction of sp³-hybridized carbons (Fsp3) is 0.435. The molecule has 1 heterocycles. The standard InChI is InChI=1S/C23H29NO2/c1-18(2)13-14-21-22(25)24(17-19-9-5-3-6-10-19)16-15-23(21,26)20-11-7-4-8-12-20/h3-12,18,21,26H,13-17H2,1-2H3/t21-,23-/m0/s1. The van der Waals surface area contributed by atoms with Crippen molar-refractivity contribution in [2.24, 2.45) is 11.8 Å². The Morgan fingerprint density at radius 1 is 1.08 bits per heavy atom. The van der Waals surface area contributed by atoms with Gasteiger partial charge >= 0.3 is 0 Å². The van der Waals surface area contributed by atoms with Gasteiger partial charge in [0.05, 0.1) is 5.92 Å². The fourth-order valence-electron chi connectivity index (χ4n) is 3.91. The number of aliphatic hydroxyl groups is 1. The van der Waals surface area contributed by atoms with E-state index in [2.05, 4.69) is 26.0 Å². The molecular formula is C23H29NO2. The third kappa shape index (κ3) is 3.99. The first-order valence-electron chi connectivity index (χ1n) is 9.61. The summed E-state index contributed by atoms with van der Waals surface area (Å²) >= 11 is 0. The lowest BCUT2D eigenvalue weighted by Gasteiger charge is -2.44. The van der Waals surface area contributed by atoms with Crippen LogP contribution in [0.25, 0.3) is 0 Å². The van der Waals surface area contributed by atoms with Crippen LogP contribution in [0.2, 0.25) is 0 Å². The minimum atomic E-state index is -1.07. The van der Waals surface area contributed by atoms with Gasteiger partial charge in [0.25, 0.3) is 0 Å². The van der Waals surface area contributed by atoms with Crippen molar-refractivity contribution in [1.29, 1.82) is 0 Å². The second-order valence-corrected chi connectivity index (χ2v) is 7.81. The van der Waals surface area contributed by atoms with E-state index in [9.17, 15) is 9.90 Å². The Hall–Kier alpha value is -2.13. The van der Waals surface area contributed by atoms with Gasteiger partial charge in [0.1, 0.15) is 5.60 Å². The summed E-state index contributed by atoms with van der Waals surface area (Å²) in [5.41, 5.74) is 0.926. The highest BCUT2D eigenvalue weighted by Crippen LogP contribution is 2.41. The van der Waals surface area contributed by atoms with Crippen molar-refractivity contribution in [3.63, 3.8) is 0 Å². The summed E-state index contributed by atoms with van der Waals surface area (Å²) < 4.78 is 0. The quantitative estimate of drug-likeness (QED) is 0.840. The zero-order valence-electron chi connectivity index (χ0n) is 15.8. The molecule has 1 N–H and O–H groups in total. The van der Waals surface area contributed by atoms with Crippen LogP contribution in [-0.2, 0) is 16.9 Å². The molecule has 1 fully saturated rings. The Morgan fingerprint density at radius 3 is 2.31 bits per heavy atom. The van der Waals surface area contributed by atoms with Crippen LogP contribution in [0.15, 0.2) is 60.7 Å². The van der Waals surface area contributed by atoms with E-state index in [-0.39, 0.29) is 11.8 Å². The molecule has 0 radical (unpaired) electrons. The average Bonchev–Trinajstić information content (AvgIpc) is 2.65. The van der Waals surface area contributed by atoms with Gasteiger partial charge in [-0.2, -0.15) is 0 Å². The molecule has 3 heteroatoms. The molecule has 1 amide bonds. The average molecular weight is 351 g/mol. The van der Waals surface area contributed by atoms with E-state index in [4.69, 9.17) is 0 Å². The summed E-state index contributed by atoms with van der Waals surface area (Å²) in [6.07, 6.45) is 2.23. The highest BCUT2D eigenvalue weighted by atomic mass is 16.3. The number of benzene rings is 2. The minimum absolute atomic E-state index is 0.0760. The first-order valence-corrected chi connectivity index (χ1v) is 9.61. The second-order valence-electron chi connectivity index (χ2n) is 7.81. The van der Waals surface area contributed by atoms with E-state index in [1.165, 1.54) is 0 Å². The Morgan fingerprint density at radius 2 is 1.69 bits per heavy atom. The molecule has 0 aromatic heterocycles. The van der Waals surface area contributed by atoms with Gasteiger partial charge in [-0.05, 0) is 29.9 Å². The molecule has 0 aliphatic carbocycles. The number of amides is 1. The third-order valence-electron chi connectivity index (χ3n) is 5.47. The number of hydrogen-bond acceptors (Lipinski definition) is 2. The highest BCUT2D eigenvalue weighted by Gasteiger charge is 2.47. The van der Waals surface area contributed by atoms with Crippen molar-refractivity contribution in [2.75, 3.05) is 6.54 Å². The molecule has 138 valence electrons. The van der Waals surface area contributed by atoms with Gasteiger partial charge in [0.2, 0.25) is 5.91 Å². The van der Waals surface area contributed by atoms with Gasteiger partial charge < -0.3 is 10.0 Å². The van der Waals surface area contributed by atoms with E-state index in [1.807, 2.05) is 53.4 Å². The van der Waals surface area contributed by atoms with Gasteiger partial charge in [0, 0.05) is 13.1 Å². The van der Waals surface area contributed by atoms with E-state index in [0.29, 0.717) is 31.8 Å². The van der Waals surface area contributed by atoms with Crippen LogP contribution >= 0.6 is 0 Å². The molecule has 0 bridgehead atoms. The van der Waals surface area contributed by atoms with Crippen LogP contribution in [0.4, 0.5) is 0 Å². The number of rotatable bonds is 6. The maximum atomic E-state index is 13.3. The van der Waals surface area contributed by atoms with E-state index in [1.54, 1.807) is 0 Å². The molecule has 3 nitrogen and oxygen atoms in total. The number of likely N-dealkylation sites (tertiary alicyclic amines) is 1. The van der Waals surface area contributed by atoms with Gasteiger partial charge in [-0.15, -0.1) is 0 Å². The van der Waals surface area contributed by atoms with Crippen LogP contribution < -0.4 is 0 Å². The van der Waals surface area contributed by atoms with Crippen LogP contribution in [-0.4, -0.2) is 22.5 Å². The molecule has 2 aromatic carbocycles. The molecule has 1 saturated heterocycles. The maximum absolute atomic E-state index is 13.3. The third-order valence-corrected chi connectivity index (χ3v) is 5.47. The van der Waals surface area contributed by atoms with Crippen molar-refractivity contribution in [3.8, 4) is 0 Å². The first-order chi connectivity index (χ1) is 12.5. The Bertz CT molecular complexity index is 714. The van der Waals surface area contributed by atoms with Crippen molar-refractivity contribution in [1.82, 2.24) is 4.90 Å². The van der Waals surface area contributed by atoms with E-state index in [0.717, 1.165) is 17.5 Å². The molecule has 1 aliphatic rings. The zero-order chi connectivity index (χ0) is 18.6. The fourth-order valence-corrected chi connectivity index (χ4v) is 3.91. The van der Waals surface area contributed by atoms with Crippen molar-refractivity contribution in [3.05, 3.63) is 71.8 Å². The SMILES string of the molecule is CC(C)CC[C@H]1C(=O)N(Cc2ccccc2)CC[C@]1(O)c1ccccc1. The number of piperidine rings is 1. The van der Waals surface area contributed by atoms with Crippen LogP contribution in [0.5, 0.6) is 0 Å². The maximum Gasteiger partial charge on any atom is 0.229 e. The summed E-state index contributed by atoms with van der Waals surface area (Å²) in [6.45, 7) is 5.52.